The van der Waals surface area contributed by atoms with Crippen LogP contribution in [-0.2, 0) is 56.9 Å². The molecule has 8 aliphatic rings. The van der Waals surface area contributed by atoms with Crippen molar-refractivity contribution in [1.29, 1.82) is 0 Å². The molecule has 2 aliphatic carbocycles. The third-order valence-corrected chi connectivity index (χ3v) is 14.2. The number of aliphatic hydroxyl groups excluding tert-OH is 3. The van der Waals surface area contributed by atoms with Gasteiger partial charge in [0, 0.05) is 40.4 Å². The molecule has 0 unspecified atom stereocenters. The van der Waals surface area contributed by atoms with Gasteiger partial charge in [-0.15, -0.1) is 0 Å². The lowest BCUT2D eigenvalue weighted by atomic mass is 9.55. The van der Waals surface area contributed by atoms with E-state index in [1.807, 2.05) is 20.8 Å². The Balaban J connectivity index is 0.868. The summed E-state index contributed by atoms with van der Waals surface area (Å²) < 4.78 is 66.9. The van der Waals surface area contributed by atoms with Crippen molar-refractivity contribution in [3.63, 3.8) is 0 Å². The molecule has 56 heavy (non-hydrogen) atoms. The summed E-state index contributed by atoms with van der Waals surface area (Å²) >= 11 is 0. The van der Waals surface area contributed by atoms with Crippen molar-refractivity contribution in [3.05, 3.63) is 23.5 Å². The van der Waals surface area contributed by atoms with E-state index in [-0.39, 0.29) is 36.2 Å². The second-order valence-corrected chi connectivity index (χ2v) is 17.7. The Morgan fingerprint density at radius 1 is 0.804 bits per heavy atom. The zero-order valence-electron chi connectivity index (χ0n) is 33.7. The summed E-state index contributed by atoms with van der Waals surface area (Å²) in [7, 11) is 3.16. The third-order valence-electron chi connectivity index (χ3n) is 14.2. The van der Waals surface area contributed by atoms with E-state index in [0.717, 1.165) is 18.4 Å². The lowest BCUT2D eigenvalue weighted by Crippen LogP contribution is -2.57. The van der Waals surface area contributed by atoms with E-state index in [2.05, 4.69) is 13.0 Å². The molecule has 0 radical (unpaired) electrons. The molecule has 0 aromatic carbocycles. The maximum Gasteiger partial charge on any atom is 0.309 e. The first-order valence-corrected chi connectivity index (χ1v) is 20.6. The van der Waals surface area contributed by atoms with E-state index in [9.17, 15) is 20.1 Å². The quantitative estimate of drug-likeness (QED) is 0.241. The van der Waals surface area contributed by atoms with Crippen molar-refractivity contribution in [1.82, 2.24) is 0 Å². The molecule has 316 valence electrons. The number of esters is 1. The van der Waals surface area contributed by atoms with Gasteiger partial charge in [-0.1, -0.05) is 18.6 Å². The minimum absolute atomic E-state index is 0.00811. The van der Waals surface area contributed by atoms with Gasteiger partial charge in [0.05, 0.1) is 73.5 Å². The van der Waals surface area contributed by atoms with Crippen molar-refractivity contribution in [3.8, 4) is 0 Å². The summed E-state index contributed by atoms with van der Waals surface area (Å²) in [6, 6.07) is 0. The van der Waals surface area contributed by atoms with Gasteiger partial charge in [-0.3, -0.25) is 4.79 Å². The Hall–Kier alpha value is -1.73. The first-order chi connectivity index (χ1) is 26.7. The van der Waals surface area contributed by atoms with Gasteiger partial charge in [-0.2, -0.15) is 0 Å². The fourth-order valence-corrected chi connectivity index (χ4v) is 11.1. The summed E-state index contributed by atoms with van der Waals surface area (Å²) in [4.78, 5) is 13.7. The number of carbonyl (C=O) groups excluding carboxylic acids is 1. The Morgan fingerprint density at radius 3 is 2.20 bits per heavy atom. The van der Waals surface area contributed by atoms with Crippen LogP contribution in [0.25, 0.3) is 0 Å². The van der Waals surface area contributed by atoms with E-state index >= 15 is 0 Å². The largest absolute Gasteiger partial charge is 0.469 e. The number of hydrogen-bond acceptors (Lipinski definition) is 15. The summed E-state index contributed by atoms with van der Waals surface area (Å²) in [6.45, 7) is 9.89. The monoisotopic (exact) mass is 794 g/mol. The van der Waals surface area contributed by atoms with Crippen molar-refractivity contribution in [2.45, 2.75) is 184 Å². The lowest BCUT2D eigenvalue weighted by molar-refractivity contribution is -0.338. The number of rotatable bonds is 8. The molecule has 15 nitrogen and oxygen atoms in total. The number of fused-ring (bicyclic) bond motifs is 3. The highest BCUT2D eigenvalue weighted by atomic mass is 16.7. The number of hydrogen-bond donors (Lipinski definition) is 3. The number of ether oxygens (including phenoxy) is 11. The van der Waals surface area contributed by atoms with Crippen molar-refractivity contribution in [2.24, 2.45) is 23.2 Å². The highest BCUT2D eigenvalue weighted by Gasteiger charge is 2.59. The van der Waals surface area contributed by atoms with Crippen LogP contribution < -0.4 is 0 Å². The van der Waals surface area contributed by atoms with Crippen LogP contribution in [-0.4, -0.2) is 140 Å². The van der Waals surface area contributed by atoms with Crippen molar-refractivity contribution in [2.75, 3.05) is 20.8 Å². The second-order valence-electron chi connectivity index (χ2n) is 17.7. The molecule has 6 aliphatic heterocycles. The average molecular weight is 795 g/mol. The van der Waals surface area contributed by atoms with Gasteiger partial charge < -0.3 is 67.4 Å². The van der Waals surface area contributed by atoms with E-state index in [1.165, 1.54) is 5.57 Å². The van der Waals surface area contributed by atoms with E-state index in [1.54, 1.807) is 27.4 Å². The van der Waals surface area contributed by atoms with Crippen LogP contribution in [0.2, 0.25) is 0 Å². The molecule has 6 fully saturated rings. The topological polar surface area (TPSA) is 179 Å². The third kappa shape index (κ3) is 7.51. The standard InChI is InChI=1S/C41H62O15/c1-19-36(44)29(46-6)14-34(50-19)55-37-20(2)51-32(13-26(37)42)56-38-21(3)52-33(15-30(38)47-7)53-28-12-23-9-10-24-25(40(23,4)16-27(28)43)11-8-22-17-48-41(5)35(22)31(18-49-41)54-39(24)45/h9,17,19-21,24-38,42-44H,8,10-16,18H2,1-7H3/t19-,20-,21-,24-,25+,26+,27-,28-,29-,30+,31-,32+,33+,34-,35-,36-,37-,38-,40+,41+/m1/s1. The van der Waals surface area contributed by atoms with Gasteiger partial charge in [-0.25, -0.2) is 0 Å². The maximum atomic E-state index is 13.7. The van der Waals surface area contributed by atoms with Gasteiger partial charge in [0.1, 0.15) is 24.4 Å². The highest BCUT2D eigenvalue weighted by molar-refractivity contribution is 5.74. The highest BCUT2D eigenvalue weighted by Crippen LogP contribution is 2.57. The van der Waals surface area contributed by atoms with E-state index in [4.69, 9.17) is 52.1 Å². The van der Waals surface area contributed by atoms with Crippen LogP contribution in [0.4, 0.5) is 0 Å². The average Bonchev–Trinajstić information content (AvgIpc) is 3.67. The molecule has 5 saturated heterocycles. The van der Waals surface area contributed by atoms with Crippen LogP contribution in [0.1, 0.15) is 86.0 Å². The Kier molecular flexibility index (Phi) is 11.7. The minimum atomic E-state index is -0.897. The molecule has 0 aromatic heterocycles. The summed E-state index contributed by atoms with van der Waals surface area (Å²) in [6.07, 6.45) is -0.916. The minimum Gasteiger partial charge on any atom is -0.469 e. The first kappa shape index (κ1) is 41.0. The molecule has 20 atom stereocenters. The normalized spacial score (nSPS) is 51.9. The van der Waals surface area contributed by atoms with Crippen LogP contribution in [0.15, 0.2) is 23.5 Å². The molecule has 3 N–H and O–H groups in total. The smallest absolute Gasteiger partial charge is 0.309 e. The molecule has 0 bridgehead atoms. The van der Waals surface area contributed by atoms with Crippen LogP contribution in [0.3, 0.4) is 0 Å². The molecular formula is C41H62O15. The number of allylic oxidation sites excluding steroid dienone is 1. The lowest BCUT2D eigenvalue weighted by Gasteiger charge is -2.52. The molecule has 0 aromatic rings. The van der Waals surface area contributed by atoms with Crippen LogP contribution >= 0.6 is 0 Å². The number of methoxy groups -OCH3 is 2. The van der Waals surface area contributed by atoms with E-state index < -0.39 is 97.2 Å². The zero-order valence-corrected chi connectivity index (χ0v) is 33.7. The predicted molar refractivity (Wildman–Crippen MR) is 194 cm³/mol. The molecule has 0 spiro atoms. The Morgan fingerprint density at radius 2 is 1.46 bits per heavy atom. The predicted octanol–water partition coefficient (Wildman–Crippen LogP) is 3.00. The first-order valence-electron chi connectivity index (χ1n) is 20.6. The molecule has 1 saturated carbocycles. The molecule has 8 rings (SSSR count). The van der Waals surface area contributed by atoms with Crippen LogP contribution in [0.5, 0.6) is 0 Å². The van der Waals surface area contributed by atoms with Gasteiger partial charge in [-0.05, 0) is 69.8 Å². The van der Waals surface area contributed by atoms with Crippen LogP contribution in [0, 0.1) is 23.2 Å². The maximum absolute atomic E-state index is 13.7. The molecular weight excluding hydrogens is 732 g/mol. The van der Waals surface area contributed by atoms with Crippen molar-refractivity contribution < 1.29 is 72.2 Å². The summed E-state index contributed by atoms with van der Waals surface area (Å²) in [5.74, 6) is -1.40. The second kappa shape index (κ2) is 16.0. The van der Waals surface area contributed by atoms with Gasteiger partial charge >= 0.3 is 5.97 Å². The van der Waals surface area contributed by atoms with Gasteiger partial charge in [0.25, 0.3) is 0 Å². The van der Waals surface area contributed by atoms with Gasteiger partial charge in [0.15, 0.2) is 18.9 Å². The SMILES string of the molecule is CO[C@H]1C[C@H](O[C@@H]2CC3=CC[C@H]4C(=O)O[C@@H]5CO[C@]6(C)OC=C(CC[C@@H]4[C@@]3(C)C[C@H]2O)[C@H]56)O[C@H](C)[C@H]1O[C@H]1C[C@H](O)[C@H](O[C@@H]2C[C@@H](OC)[C@H](O)[C@@H](C)O2)[C@@H](C)O1. The molecule has 0 amide bonds. The summed E-state index contributed by atoms with van der Waals surface area (Å²) in [5, 5.41) is 33.2. The molecule has 6 heterocycles. The summed E-state index contributed by atoms with van der Waals surface area (Å²) in [5.41, 5.74) is 1.92. The Bertz CT molecular complexity index is 1480. The zero-order chi connectivity index (χ0) is 39.7. The fraction of sp³-hybridized carbons (Fsp3) is 0.878. The van der Waals surface area contributed by atoms with E-state index in [0.29, 0.717) is 38.7 Å². The van der Waals surface area contributed by atoms with Crippen molar-refractivity contribution >= 4 is 5.97 Å². The number of carbonyl (C=O) groups is 1. The van der Waals surface area contributed by atoms with Gasteiger partial charge in [0.2, 0.25) is 5.79 Å². The number of aliphatic hydroxyl groups is 3. The Labute approximate surface area is 329 Å². The molecule has 15 heteroatoms. The fourth-order valence-electron chi connectivity index (χ4n) is 11.1.